The second kappa shape index (κ2) is 7.21. The van der Waals surface area contributed by atoms with E-state index in [2.05, 4.69) is 0 Å². The van der Waals surface area contributed by atoms with Gasteiger partial charge in [0.25, 0.3) is 5.56 Å². The van der Waals surface area contributed by atoms with Crippen LogP contribution in [0.15, 0.2) is 71.7 Å². The number of hydrogen-bond acceptors (Lipinski definition) is 3. The van der Waals surface area contributed by atoms with Gasteiger partial charge in [-0.1, -0.05) is 48.5 Å². The fourth-order valence-electron chi connectivity index (χ4n) is 2.77. The highest BCUT2D eigenvalue weighted by atomic mass is 32.2. The van der Waals surface area contributed by atoms with E-state index in [4.69, 9.17) is 0 Å². The Labute approximate surface area is 147 Å². The summed E-state index contributed by atoms with van der Waals surface area (Å²) in [7, 11) is -3.37. The molecule has 5 nitrogen and oxygen atoms in total. The van der Waals surface area contributed by atoms with Crippen LogP contribution in [0.5, 0.6) is 0 Å². The number of benzene rings is 2. The maximum absolute atomic E-state index is 12.5. The standard InChI is InChI=1S/C19H20N2O3S/c1-25(23,24)21(15-16-7-3-2-4-8-16)14-13-20-12-11-17-9-5-6-10-18(17)19(20)22/h2-12H,13-15H2,1H3. The maximum Gasteiger partial charge on any atom is 0.258 e. The summed E-state index contributed by atoms with van der Waals surface area (Å²) in [6.07, 6.45) is 2.91. The Morgan fingerprint density at radius 1 is 0.960 bits per heavy atom. The van der Waals surface area contributed by atoms with Gasteiger partial charge in [0, 0.05) is 31.2 Å². The van der Waals surface area contributed by atoms with Crippen molar-refractivity contribution in [1.29, 1.82) is 0 Å². The summed E-state index contributed by atoms with van der Waals surface area (Å²) in [5, 5.41) is 1.52. The molecule has 0 aliphatic rings. The molecule has 0 aliphatic heterocycles. The van der Waals surface area contributed by atoms with E-state index in [1.165, 1.54) is 10.6 Å². The molecule has 0 saturated heterocycles. The average molecular weight is 356 g/mol. The van der Waals surface area contributed by atoms with Crippen LogP contribution in [0, 0.1) is 0 Å². The summed E-state index contributed by atoms with van der Waals surface area (Å²) in [5.74, 6) is 0. The van der Waals surface area contributed by atoms with Crippen molar-refractivity contribution >= 4 is 20.8 Å². The van der Waals surface area contributed by atoms with Crippen LogP contribution in [0.2, 0.25) is 0 Å². The average Bonchev–Trinajstić information content (AvgIpc) is 2.60. The first-order valence-corrected chi connectivity index (χ1v) is 9.87. The van der Waals surface area contributed by atoms with Gasteiger partial charge in [-0.2, -0.15) is 4.31 Å². The summed E-state index contributed by atoms with van der Waals surface area (Å²) < 4.78 is 27.1. The smallest absolute Gasteiger partial charge is 0.258 e. The van der Waals surface area contributed by atoms with Crippen LogP contribution in [0.25, 0.3) is 10.8 Å². The van der Waals surface area contributed by atoms with Gasteiger partial charge in [0.2, 0.25) is 10.0 Å². The van der Waals surface area contributed by atoms with Crippen LogP contribution in [0.4, 0.5) is 0 Å². The number of hydrogen-bond donors (Lipinski definition) is 0. The van der Waals surface area contributed by atoms with Crippen molar-refractivity contribution in [3.63, 3.8) is 0 Å². The van der Waals surface area contributed by atoms with Gasteiger partial charge in [-0.15, -0.1) is 0 Å². The van der Waals surface area contributed by atoms with Crippen LogP contribution in [0.3, 0.4) is 0 Å². The van der Waals surface area contributed by atoms with E-state index in [1.807, 2.05) is 54.6 Å². The van der Waals surface area contributed by atoms with Gasteiger partial charge in [0.15, 0.2) is 0 Å². The molecule has 2 aromatic carbocycles. The van der Waals surface area contributed by atoms with Gasteiger partial charge in [-0.3, -0.25) is 4.79 Å². The van der Waals surface area contributed by atoms with E-state index in [1.54, 1.807) is 16.8 Å². The van der Waals surface area contributed by atoms with Crippen molar-refractivity contribution in [2.75, 3.05) is 12.8 Å². The van der Waals surface area contributed by atoms with Crippen LogP contribution in [-0.4, -0.2) is 30.1 Å². The molecule has 1 aromatic heterocycles. The summed E-state index contributed by atoms with van der Waals surface area (Å²) in [6.45, 7) is 0.845. The molecule has 3 rings (SSSR count). The van der Waals surface area contributed by atoms with Gasteiger partial charge < -0.3 is 4.57 Å². The highest BCUT2D eigenvalue weighted by molar-refractivity contribution is 7.88. The third-order valence-electron chi connectivity index (χ3n) is 4.15. The van der Waals surface area contributed by atoms with E-state index >= 15 is 0 Å². The Balaban J connectivity index is 1.82. The number of pyridine rings is 1. The van der Waals surface area contributed by atoms with Crippen molar-refractivity contribution < 1.29 is 8.42 Å². The van der Waals surface area contributed by atoms with Crippen molar-refractivity contribution in [3.8, 4) is 0 Å². The molecule has 0 fully saturated rings. The molecule has 0 unspecified atom stereocenters. The minimum Gasteiger partial charge on any atom is -0.314 e. The minimum absolute atomic E-state index is 0.105. The molecule has 0 N–H and O–H groups in total. The monoisotopic (exact) mass is 356 g/mol. The zero-order valence-electron chi connectivity index (χ0n) is 14.0. The highest BCUT2D eigenvalue weighted by Gasteiger charge is 2.17. The van der Waals surface area contributed by atoms with Crippen molar-refractivity contribution in [3.05, 3.63) is 82.8 Å². The van der Waals surface area contributed by atoms with E-state index in [9.17, 15) is 13.2 Å². The van der Waals surface area contributed by atoms with Crippen molar-refractivity contribution in [2.45, 2.75) is 13.1 Å². The Kier molecular flexibility index (Phi) is 5.01. The molecule has 0 atom stereocenters. The molecular formula is C19H20N2O3S. The first-order valence-electron chi connectivity index (χ1n) is 8.02. The van der Waals surface area contributed by atoms with E-state index < -0.39 is 10.0 Å². The minimum atomic E-state index is -3.37. The second-order valence-electron chi connectivity index (χ2n) is 5.98. The number of nitrogens with zero attached hydrogens (tertiary/aromatic N) is 2. The molecule has 0 bridgehead atoms. The van der Waals surface area contributed by atoms with Crippen LogP contribution in [-0.2, 0) is 23.1 Å². The zero-order valence-corrected chi connectivity index (χ0v) is 14.8. The van der Waals surface area contributed by atoms with Gasteiger partial charge in [-0.05, 0) is 23.1 Å². The molecule has 0 radical (unpaired) electrons. The second-order valence-corrected chi connectivity index (χ2v) is 7.97. The lowest BCUT2D eigenvalue weighted by atomic mass is 10.2. The summed E-state index contributed by atoms with van der Waals surface area (Å²) in [5.41, 5.74) is 0.810. The molecule has 1 heterocycles. The van der Waals surface area contributed by atoms with Crippen molar-refractivity contribution in [2.24, 2.45) is 0 Å². The first kappa shape index (κ1) is 17.4. The molecule has 25 heavy (non-hydrogen) atoms. The van der Waals surface area contributed by atoms with E-state index in [-0.39, 0.29) is 12.1 Å². The third kappa shape index (κ3) is 4.15. The third-order valence-corrected chi connectivity index (χ3v) is 5.40. The SMILES string of the molecule is CS(=O)(=O)N(CCn1ccc2ccccc2c1=O)Cc1ccccc1. The number of sulfonamides is 1. The van der Waals surface area contributed by atoms with Gasteiger partial charge in [-0.25, -0.2) is 8.42 Å². The van der Waals surface area contributed by atoms with Crippen molar-refractivity contribution in [1.82, 2.24) is 8.87 Å². The van der Waals surface area contributed by atoms with Crippen LogP contribution < -0.4 is 5.56 Å². The molecule has 3 aromatic rings. The molecule has 0 spiro atoms. The molecular weight excluding hydrogens is 336 g/mol. The predicted molar refractivity (Wildman–Crippen MR) is 99.9 cm³/mol. The summed E-state index contributed by atoms with van der Waals surface area (Å²) in [6, 6.07) is 18.7. The molecule has 130 valence electrons. The number of fused-ring (bicyclic) bond motifs is 1. The summed E-state index contributed by atoms with van der Waals surface area (Å²) >= 11 is 0. The van der Waals surface area contributed by atoms with E-state index in [0.717, 1.165) is 10.9 Å². The Hall–Kier alpha value is -2.44. The normalized spacial score (nSPS) is 11.9. The molecule has 0 amide bonds. The Morgan fingerprint density at radius 2 is 1.64 bits per heavy atom. The highest BCUT2D eigenvalue weighted by Crippen LogP contribution is 2.10. The molecule has 6 heteroatoms. The zero-order chi connectivity index (χ0) is 17.9. The lowest BCUT2D eigenvalue weighted by molar-refractivity contribution is 0.388. The lowest BCUT2D eigenvalue weighted by Crippen LogP contribution is -2.34. The quantitative estimate of drug-likeness (QED) is 0.682. The molecule has 0 aliphatic carbocycles. The number of aromatic nitrogens is 1. The van der Waals surface area contributed by atoms with E-state index in [0.29, 0.717) is 18.5 Å². The van der Waals surface area contributed by atoms with Crippen LogP contribution in [0.1, 0.15) is 5.56 Å². The predicted octanol–water partition coefficient (Wildman–Crippen LogP) is 2.46. The summed E-state index contributed by atoms with van der Waals surface area (Å²) in [4.78, 5) is 12.5. The van der Waals surface area contributed by atoms with Gasteiger partial charge >= 0.3 is 0 Å². The van der Waals surface area contributed by atoms with Crippen LogP contribution >= 0.6 is 0 Å². The number of rotatable bonds is 6. The maximum atomic E-state index is 12.5. The first-order chi connectivity index (χ1) is 11.9. The topological polar surface area (TPSA) is 59.4 Å². The Morgan fingerprint density at radius 3 is 2.36 bits per heavy atom. The Bertz CT molecular complexity index is 1030. The lowest BCUT2D eigenvalue weighted by Gasteiger charge is -2.20. The fraction of sp³-hybridized carbons (Fsp3) is 0.211. The molecule has 0 saturated carbocycles. The van der Waals surface area contributed by atoms with Gasteiger partial charge in [0.05, 0.1) is 6.26 Å². The van der Waals surface area contributed by atoms with Gasteiger partial charge in [0.1, 0.15) is 0 Å². The largest absolute Gasteiger partial charge is 0.314 e. The fourth-order valence-corrected chi connectivity index (χ4v) is 3.57.